The predicted molar refractivity (Wildman–Crippen MR) is 84.2 cm³/mol. The van der Waals surface area contributed by atoms with E-state index >= 15 is 0 Å². The van der Waals surface area contributed by atoms with Gasteiger partial charge in [0.05, 0.1) is 11.6 Å². The van der Waals surface area contributed by atoms with Crippen molar-refractivity contribution in [3.8, 4) is 6.07 Å². The number of carbonyl (C=O) groups is 1. The van der Waals surface area contributed by atoms with Crippen molar-refractivity contribution >= 4 is 5.91 Å². The standard InChI is InChI=1S/C17H25N3O/c1-13(2)16(8-9-18)6-7-17(21)20-12-15-5-3-4-14(10-15)11-19/h3-5,10,13,16H,6-9,12,18H2,1-2H3,(H,20,21). The zero-order valence-electron chi connectivity index (χ0n) is 12.9. The van der Waals surface area contributed by atoms with Gasteiger partial charge in [-0.1, -0.05) is 26.0 Å². The number of nitrogens with two attached hydrogens (primary N) is 1. The minimum atomic E-state index is 0.0556. The molecule has 0 saturated carbocycles. The van der Waals surface area contributed by atoms with Crippen LogP contribution in [0.4, 0.5) is 0 Å². The Hall–Kier alpha value is -1.86. The number of rotatable bonds is 8. The fraction of sp³-hybridized carbons (Fsp3) is 0.529. The van der Waals surface area contributed by atoms with E-state index in [9.17, 15) is 4.79 Å². The third-order valence-electron chi connectivity index (χ3n) is 3.77. The van der Waals surface area contributed by atoms with Crippen molar-refractivity contribution in [3.05, 3.63) is 35.4 Å². The maximum absolute atomic E-state index is 11.9. The molecule has 1 amide bonds. The first-order valence-corrected chi connectivity index (χ1v) is 7.52. The maximum atomic E-state index is 11.9. The largest absolute Gasteiger partial charge is 0.352 e. The van der Waals surface area contributed by atoms with Crippen LogP contribution in [0.1, 0.15) is 44.2 Å². The van der Waals surface area contributed by atoms with Crippen LogP contribution in [-0.2, 0) is 11.3 Å². The lowest BCUT2D eigenvalue weighted by molar-refractivity contribution is -0.121. The van der Waals surface area contributed by atoms with Gasteiger partial charge in [0.25, 0.3) is 0 Å². The van der Waals surface area contributed by atoms with Crippen molar-refractivity contribution in [2.75, 3.05) is 6.54 Å². The molecule has 0 aliphatic heterocycles. The van der Waals surface area contributed by atoms with E-state index in [-0.39, 0.29) is 5.91 Å². The van der Waals surface area contributed by atoms with E-state index in [1.54, 1.807) is 12.1 Å². The first-order chi connectivity index (χ1) is 10.1. The number of carbonyl (C=O) groups excluding carboxylic acids is 1. The van der Waals surface area contributed by atoms with Crippen molar-refractivity contribution in [2.45, 2.75) is 39.7 Å². The second kappa shape index (κ2) is 9.15. The number of amides is 1. The summed E-state index contributed by atoms with van der Waals surface area (Å²) < 4.78 is 0. The summed E-state index contributed by atoms with van der Waals surface area (Å²) in [6.45, 7) is 5.49. The molecule has 0 aliphatic carbocycles. The fourth-order valence-corrected chi connectivity index (χ4v) is 2.38. The highest BCUT2D eigenvalue weighted by Crippen LogP contribution is 2.20. The number of nitriles is 1. The average molecular weight is 287 g/mol. The lowest BCUT2D eigenvalue weighted by atomic mass is 9.88. The van der Waals surface area contributed by atoms with Gasteiger partial charge in [-0.3, -0.25) is 4.79 Å². The van der Waals surface area contributed by atoms with Gasteiger partial charge >= 0.3 is 0 Å². The zero-order chi connectivity index (χ0) is 15.7. The summed E-state index contributed by atoms with van der Waals surface area (Å²) in [6.07, 6.45) is 2.37. The average Bonchev–Trinajstić information content (AvgIpc) is 2.49. The second-order valence-electron chi connectivity index (χ2n) is 5.71. The minimum Gasteiger partial charge on any atom is -0.352 e. The van der Waals surface area contributed by atoms with Gasteiger partial charge in [-0.2, -0.15) is 5.26 Å². The topological polar surface area (TPSA) is 78.9 Å². The highest BCUT2D eigenvalue weighted by atomic mass is 16.1. The smallest absolute Gasteiger partial charge is 0.220 e. The summed E-state index contributed by atoms with van der Waals surface area (Å²) in [6, 6.07) is 9.39. The number of hydrogen-bond acceptors (Lipinski definition) is 3. The second-order valence-corrected chi connectivity index (χ2v) is 5.71. The van der Waals surface area contributed by atoms with Crippen LogP contribution in [0.3, 0.4) is 0 Å². The van der Waals surface area contributed by atoms with Gasteiger partial charge in [0.2, 0.25) is 5.91 Å². The lowest BCUT2D eigenvalue weighted by Gasteiger charge is -2.19. The van der Waals surface area contributed by atoms with Crippen LogP contribution in [-0.4, -0.2) is 12.5 Å². The molecule has 3 N–H and O–H groups in total. The molecule has 1 rings (SSSR count). The van der Waals surface area contributed by atoms with Gasteiger partial charge in [0, 0.05) is 13.0 Å². The quantitative estimate of drug-likeness (QED) is 0.771. The van der Waals surface area contributed by atoms with Gasteiger partial charge in [-0.05, 0) is 48.9 Å². The van der Waals surface area contributed by atoms with Gasteiger partial charge in [0.15, 0.2) is 0 Å². The Labute approximate surface area is 127 Å². The highest BCUT2D eigenvalue weighted by Gasteiger charge is 2.14. The molecule has 0 fully saturated rings. The Kier molecular flexibility index (Phi) is 7.49. The molecule has 0 radical (unpaired) electrons. The normalized spacial score (nSPS) is 12.0. The van der Waals surface area contributed by atoms with Crippen molar-refractivity contribution in [1.29, 1.82) is 5.26 Å². The Bertz CT molecular complexity index is 491. The van der Waals surface area contributed by atoms with Crippen LogP contribution in [0.2, 0.25) is 0 Å². The molecule has 4 heteroatoms. The van der Waals surface area contributed by atoms with E-state index in [4.69, 9.17) is 11.0 Å². The van der Waals surface area contributed by atoms with E-state index < -0.39 is 0 Å². The fourth-order valence-electron chi connectivity index (χ4n) is 2.38. The van der Waals surface area contributed by atoms with E-state index in [0.29, 0.717) is 36.9 Å². The van der Waals surface area contributed by atoms with Crippen molar-refractivity contribution < 1.29 is 4.79 Å². The van der Waals surface area contributed by atoms with E-state index in [1.807, 2.05) is 12.1 Å². The predicted octanol–water partition coefficient (Wildman–Crippen LogP) is 2.58. The monoisotopic (exact) mass is 287 g/mol. The van der Waals surface area contributed by atoms with Crippen LogP contribution in [0, 0.1) is 23.2 Å². The summed E-state index contributed by atoms with van der Waals surface area (Å²) in [5, 5.41) is 11.7. The summed E-state index contributed by atoms with van der Waals surface area (Å²) in [4.78, 5) is 11.9. The number of nitrogens with zero attached hydrogens (tertiary/aromatic N) is 1. The van der Waals surface area contributed by atoms with Crippen LogP contribution < -0.4 is 11.1 Å². The van der Waals surface area contributed by atoms with Gasteiger partial charge < -0.3 is 11.1 Å². The Balaban J connectivity index is 2.38. The lowest BCUT2D eigenvalue weighted by Crippen LogP contribution is -2.24. The molecule has 0 saturated heterocycles. The molecule has 114 valence electrons. The summed E-state index contributed by atoms with van der Waals surface area (Å²) in [7, 11) is 0. The molecular weight excluding hydrogens is 262 g/mol. The summed E-state index contributed by atoms with van der Waals surface area (Å²) in [5.74, 6) is 1.11. The molecule has 0 aliphatic rings. The van der Waals surface area contributed by atoms with Crippen LogP contribution in [0.5, 0.6) is 0 Å². The first kappa shape index (κ1) is 17.2. The number of nitrogens with one attached hydrogen (secondary N) is 1. The van der Waals surface area contributed by atoms with E-state index in [1.165, 1.54) is 0 Å². The van der Waals surface area contributed by atoms with E-state index in [0.717, 1.165) is 18.4 Å². The van der Waals surface area contributed by atoms with Crippen LogP contribution in [0.15, 0.2) is 24.3 Å². The van der Waals surface area contributed by atoms with Crippen molar-refractivity contribution in [3.63, 3.8) is 0 Å². The van der Waals surface area contributed by atoms with E-state index in [2.05, 4.69) is 25.2 Å². The maximum Gasteiger partial charge on any atom is 0.220 e. The molecule has 0 heterocycles. The van der Waals surface area contributed by atoms with Crippen LogP contribution >= 0.6 is 0 Å². The van der Waals surface area contributed by atoms with Gasteiger partial charge in [-0.15, -0.1) is 0 Å². The minimum absolute atomic E-state index is 0.0556. The van der Waals surface area contributed by atoms with Crippen molar-refractivity contribution in [2.24, 2.45) is 17.6 Å². The molecular formula is C17H25N3O. The molecule has 1 unspecified atom stereocenters. The third-order valence-corrected chi connectivity index (χ3v) is 3.77. The number of benzene rings is 1. The zero-order valence-corrected chi connectivity index (χ0v) is 12.9. The molecule has 1 aromatic rings. The molecule has 4 nitrogen and oxygen atoms in total. The number of hydrogen-bond donors (Lipinski definition) is 2. The third kappa shape index (κ3) is 6.42. The molecule has 21 heavy (non-hydrogen) atoms. The first-order valence-electron chi connectivity index (χ1n) is 7.52. The molecule has 0 spiro atoms. The Morgan fingerprint density at radius 1 is 1.38 bits per heavy atom. The van der Waals surface area contributed by atoms with Gasteiger partial charge in [-0.25, -0.2) is 0 Å². The molecule has 1 atom stereocenters. The van der Waals surface area contributed by atoms with Crippen molar-refractivity contribution in [1.82, 2.24) is 5.32 Å². The summed E-state index contributed by atoms with van der Waals surface area (Å²) in [5.41, 5.74) is 7.17. The summed E-state index contributed by atoms with van der Waals surface area (Å²) >= 11 is 0. The van der Waals surface area contributed by atoms with Gasteiger partial charge in [0.1, 0.15) is 0 Å². The van der Waals surface area contributed by atoms with Crippen LogP contribution in [0.25, 0.3) is 0 Å². The molecule has 0 bridgehead atoms. The Morgan fingerprint density at radius 3 is 2.76 bits per heavy atom. The Morgan fingerprint density at radius 2 is 2.14 bits per heavy atom. The SMILES string of the molecule is CC(C)C(CCN)CCC(=O)NCc1cccc(C#N)c1. The molecule has 1 aromatic carbocycles. The highest BCUT2D eigenvalue weighted by molar-refractivity contribution is 5.75. The molecule has 0 aromatic heterocycles.